The van der Waals surface area contributed by atoms with Gasteiger partial charge in [-0.1, -0.05) is 30.3 Å². The summed E-state index contributed by atoms with van der Waals surface area (Å²) in [6, 6.07) is 8.76. The number of primary amides is 1. The second-order valence-corrected chi connectivity index (χ2v) is 4.65. The topological polar surface area (TPSA) is 81.4 Å². The van der Waals surface area contributed by atoms with E-state index in [2.05, 4.69) is 5.32 Å². The van der Waals surface area contributed by atoms with Crippen LogP contribution in [-0.2, 0) is 20.7 Å². The largest absolute Gasteiger partial charge is 0.368 e. The van der Waals surface area contributed by atoms with Crippen molar-refractivity contribution in [2.45, 2.75) is 31.4 Å². The van der Waals surface area contributed by atoms with Gasteiger partial charge in [-0.05, 0) is 18.4 Å². The van der Waals surface area contributed by atoms with Gasteiger partial charge in [-0.25, -0.2) is 0 Å². The van der Waals surface area contributed by atoms with Crippen molar-refractivity contribution in [1.29, 1.82) is 0 Å². The van der Waals surface area contributed by atoms with Crippen LogP contribution in [0.2, 0.25) is 0 Å². The maximum Gasteiger partial charge on any atom is 0.249 e. The van der Waals surface area contributed by atoms with Gasteiger partial charge in [0.2, 0.25) is 11.8 Å². The molecule has 3 N–H and O–H groups in total. The molecule has 0 radical (unpaired) electrons. The van der Waals surface area contributed by atoms with E-state index in [1.165, 1.54) is 0 Å². The Hall–Kier alpha value is -1.88. The lowest BCUT2D eigenvalue weighted by atomic mass is 10.1. The number of hydrogen-bond donors (Lipinski definition) is 2. The maximum atomic E-state index is 11.9. The highest BCUT2D eigenvalue weighted by Gasteiger charge is 2.27. The van der Waals surface area contributed by atoms with Crippen LogP contribution < -0.4 is 11.1 Å². The monoisotopic (exact) mass is 262 g/mol. The molecule has 2 rings (SSSR count). The van der Waals surface area contributed by atoms with Gasteiger partial charge >= 0.3 is 0 Å². The molecule has 0 unspecified atom stereocenters. The van der Waals surface area contributed by atoms with E-state index < -0.39 is 18.1 Å². The summed E-state index contributed by atoms with van der Waals surface area (Å²) in [6.45, 7) is 0.595. The molecule has 5 nitrogen and oxygen atoms in total. The SMILES string of the molecule is NC(=O)[C@H](Cc1ccccc1)NC(=O)[C@@H]1CCCO1. The first-order valence-electron chi connectivity index (χ1n) is 6.42. The lowest BCUT2D eigenvalue weighted by molar-refractivity contribution is -0.133. The maximum absolute atomic E-state index is 11.9. The van der Waals surface area contributed by atoms with Crippen LogP contribution in [0.4, 0.5) is 0 Å². The van der Waals surface area contributed by atoms with Crippen LogP contribution in [0.25, 0.3) is 0 Å². The molecular weight excluding hydrogens is 244 g/mol. The number of carbonyl (C=O) groups is 2. The quantitative estimate of drug-likeness (QED) is 0.804. The van der Waals surface area contributed by atoms with Gasteiger partial charge in [0, 0.05) is 13.0 Å². The van der Waals surface area contributed by atoms with Gasteiger partial charge in [0.05, 0.1) is 0 Å². The molecular formula is C14H18N2O3. The highest BCUT2D eigenvalue weighted by atomic mass is 16.5. The van der Waals surface area contributed by atoms with E-state index in [0.29, 0.717) is 19.4 Å². The number of ether oxygens (including phenoxy) is 1. The number of rotatable bonds is 5. The smallest absolute Gasteiger partial charge is 0.249 e. The molecule has 0 aromatic heterocycles. The number of nitrogens with two attached hydrogens (primary N) is 1. The summed E-state index contributed by atoms with van der Waals surface area (Å²) in [5, 5.41) is 2.67. The van der Waals surface area contributed by atoms with Crippen molar-refractivity contribution in [2.24, 2.45) is 5.73 Å². The Morgan fingerprint density at radius 3 is 2.68 bits per heavy atom. The van der Waals surface area contributed by atoms with E-state index in [1.807, 2.05) is 30.3 Å². The lowest BCUT2D eigenvalue weighted by Crippen LogP contribution is -2.49. The number of amides is 2. The average Bonchev–Trinajstić information content (AvgIpc) is 2.93. The van der Waals surface area contributed by atoms with E-state index in [9.17, 15) is 9.59 Å². The Morgan fingerprint density at radius 2 is 2.11 bits per heavy atom. The summed E-state index contributed by atoms with van der Waals surface area (Å²) < 4.78 is 5.28. The highest BCUT2D eigenvalue weighted by molar-refractivity contribution is 5.88. The van der Waals surface area contributed by atoms with E-state index >= 15 is 0 Å². The predicted molar refractivity (Wildman–Crippen MR) is 70.2 cm³/mol. The molecule has 0 aliphatic carbocycles. The van der Waals surface area contributed by atoms with Crippen LogP contribution in [0.15, 0.2) is 30.3 Å². The van der Waals surface area contributed by atoms with Crippen LogP contribution in [-0.4, -0.2) is 30.6 Å². The zero-order valence-corrected chi connectivity index (χ0v) is 10.7. The number of carbonyl (C=O) groups excluding carboxylic acids is 2. The van der Waals surface area contributed by atoms with E-state index in [0.717, 1.165) is 12.0 Å². The summed E-state index contributed by atoms with van der Waals surface area (Å²) in [4.78, 5) is 23.3. The third-order valence-electron chi connectivity index (χ3n) is 3.16. The van der Waals surface area contributed by atoms with E-state index in [-0.39, 0.29) is 5.91 Å². The zero-order chi connectivity index (χ0) is 13.7. The normalized spacial score (nSPS) is 19.9. The van der Waals surface area contributed by atoms with Crippen molar-refractivity contribution in [1.82, 2.24) is 5.32 Å². The Balaban J connectivity index is 1.96. The van der Waals surface area contributed by atoms with Gasteiger partial charge in [0.25, 0.3) is 0 Å². The number of nitrogens with one attached hydrogen (secondary N) is 1. The number of hydrogen-bond acceptors (Lipinski definition) is 3. The van der Waals surface area contributed by atoms with E-state index in [1.54, 1.807) is 0 Å². The minimum Gasteiger partial charge on any atom is -0.368 e. The van der Waals surface area contributed by atoms with Gasteiger partial charge in [-0.15, -0.1) is 0 Å². The van der Waals surface area contributed by atoms with Crippen molar-refractivity contribution in [3.8, 4) is 0 Å². The Labute approximate surface area is 112 Å². The second kappa shape index (κ2) is 6.33. The summed E-state index contributed by atoms with van der Waals surface area (Å²) in [6.07, 6.45) is 1.52. The molecule has 1 fully saturated rings. The molecule has 2 atom stereocenters. The molecule has 102 valence electrons. The van der Waals surface area contributed by atoms with Gasteiger partial charge < -0.3 is 15.8 Å². The molecule has 1 aliphatic rings. The van der Waals surface area contributed by atoms with Gasteiger partial charge in [-0.3, -0.25) is 9.59 Å². The minimum absolute atomic E-state index is 0.253. The fraction of sp³-hybridized carbons (Fsp3) is 0.429. The van der Waals surface area contributed by atoms with Crippen molar-refractivity contribution < 1.29 is 14.3 Å². The van der Waals surface area contributed by atoms with Crippen LogP contribution >= 0.6 is 0 Å². The van der Waals surface area contributed by atoms with Crippen molar-refractivity contribution in [3.05, 3.63) is 35.9 Å². The van der Waals surface area contributed by atoms with Crippen molar-refractivity contribution in [3.63, 3.8) is 0 Å². The van der Waals surface area contributed by atoms with E-state index in [4.69, 9.17) is 10.5 Å². The molecule has 0 spiro atoms. The van der Waals surface area contributed by atoms with Crippen LogP contribution in [0.3, 0.4) is 0 Å². The van der Waals surface area contributed by atoms with Gasteiger partial charge in [0.15, 0.2) is 0 Å². The predicted octanol–water partition coefficient (Wildman–Crippen LogP) is 0.378. The van der Waals surface area contributed by atoms with Gasteiger partial charge in [-0.2, -0.15) is 0 Å². The zero-order valence-electron chi connectivity index (χ0n) is 10.7. The average molecular weight is 262 g/mol. The molecule has 1 heterocycles. The first-order valence-corrected chi connectivity index (χ1v) is 6.42. The Kier molecular flexibility index (Phi) is 4.52. The Morgan fingerprint density at radius 1 is 1.37 bits per heavy atom. The molecule has 1 aromatic carbocycles. The Bertz CT molecular complexity index is 441. The number of benzene rings is 1. The minimum atomic E-state index is -0.695. The van der Waals surface area contributed by atoms with Crippen molar-refractivity contribution >= 4 is 11.8 Å². The van der Waals surface area contributed by atoms with Crippen LogP contribution in [0.5, 0.6) is 0 Å². The molecule has 1 saturated heterocycles. The standard InChI is InChI=1S/C14H18N2O3/c15-13(17)11(9-10-5-2-1-3-6-10)16-14(18)12-7-4-8-19-12/h1-3,5-6,11-12H,4,7-9H2,(H2,15,17)(H,16,18)/t11-,12-/m0/s1. The third kappa shape index (κ3) is 3.79. The summed E-state index contributed by atoms with van der Waals surface area (Å²) in [5.74, 6) is -0.785. The summed E-state index contributed by atoms with van der Waals surface area (Å²) in [7, 11) is 0. The van der Waals surface area contributed by atoms with Crippen LogP contribution in [0, 0.1) is 0 Å². The molecule has 0 saturated carbocycles. The highest BCUT2D eigenvalue weighted by Crippen LogP contribution is 2.12. The summed E-state index contributed by atoms with van der Waals surface area (Å²) in [5.41, 5.74) is 6.29. The molecule has 1 aliphatic heterocycles. The molecule has 5 heteroatoms. The lowest BCUT2D eigenvalue weighted by Gasteiger charge is -2.18. The fourth-order valence-corrected chi connectivity index (χ4v) is 2.12. The van der Waals surface area contributed by atoms with Crippen molar-refractivity contribution in [2.75, 3.05) is 6.61 Å². The van der Waals surface area contributed by atoms with Gasteiger partial charge in [0.1, 0.15) is 12.1 Å². The first kappa shape index (κ1) is 13.5. The fourth-order valence-electron chi connectivity index (χ4n) is 2.12. The molecule has 19 heavy (non-hydrogen) atoms. The van der Waals surface area contributed by atoms with Crippen LogP contribution in [0.1, 0.15) is 18.4 Å². The molecule has 0 bridgehead atoms. The third-order valence-corrected chi connectivity index (χ3v) is 3.16. The second-order valence-electron chi connectivity index (χ2n) is 4.65. The molecule has 1 aromatic rings. The summed E-state index contributed by atoms with van der Waals surface area (Å²) >= 11 is 0. The molecule has 2 amide bonds. The first-order chi connectivity index (χ1) is 9.16.